The van der Waals surface area contributed by atoms with Crippen molar-refractivity contribution < 1.29 is 4.74 Å². The van der Waals surface area contributed by atoms with Crippen molar-refractivity contribution >= 4 is 0 Å². The lowest BCUT2D eigenvalue weighted by Gasteiger charge is -2.11. The first-order valence-corrected chi connectivity index (χ1v) is 8.38. The van der Waals surface area contributed by atoms with Crippen molar-refractivity contribution in [1.29, 1.82) is 0 Å². The van der Waals surface area contributed by atoms with E-state index in [1.165, 1.54) is 10.7 Å². The number of rotatable bonds is 5. The van der Waals surface area contributed by atoms with Gasteiger partial charge in [0.1, 0.15) is 5.69 Å². The summed E-state index contributed by atoms with van der Waals surface area (Å²) in [5, 5.41) is 9.07. The SMILES string of the molecule is CC(C)Oc1cc(-c2ccc(=O)n(C(C)C)n2)n(-c2ccccc2)n1. The smallest absolute Gasteiger partial charge is 0.267 e. The number of para-hydroxylation sites is 1. The standard InChI is InChI=1S/C19H22N4O2/c1-13(2)22-19(24)11-10-16(20-22)17-12-18(25-14(3)4)21-23(17)15-8-6-5-7-9-15/h5-14H,1-4H3. The van der Waals surface area contributed by atoms with Gasteiger partial charge in [0.15, 0.2) is 0 Å². The Morgan fingerprint density at radius 3 is 2.32 bits per heavy atom. The Morgan fingerprint density at radius 2 is 1.68 bits per heavy atom. The van der Waals surface area contributed by atoms with Crippen molar-refractivity contribution in [3.63, 3.8) is 0 Å². The van der Waals surface area contributed by atoms with Crippen LogP contribution in [0, 0.1) is 0 Å². The molecule has 0 aliphatic rings. The van der Waals surface area contributed by atoms with E-state index in [0.717, 1.165) is 11.4 Å². The lowest BCUT2D eigenvalue weighted by molar-refractivity contribution is 0.231. The molecular formula is C19H22N4O2. The minimum absolute atomic E-state index is 0.0181. The van der Waals surface area contributed by atoms with Gasteiger partial charge in [-0.2, -0.15) is 5.10 Å². The number of hydrogen-bond donors (Lipinski definition) is 0. The van der Waals surface area contributed by atoms with Gasteiger partial charge >= 0.3 is 0 Å². The van der Waals surface area contributed by atoms with Gasteiger partial charge in [-0.25, -0.2) is 9.36 Å². The lowest BCUT2D eigenvalue weighted by Crippen LogP contribution is -2.24. The predicted molar refractivity (Wildman–Crippen MR) is 97.2 cm³/mol. The summed E-state index contributed by atoms with van der Waals surface area (Å²) in [6.45, 7) is 7.77. The Morgan fingerprint density at radius 1 is 0.960 bits per heavy atom. The van der Waals surface area contributed by atoms with Gasteiger partial charge in [0.2, 0.25) is 5.88 Å². The van der Waals surface area contributed by atoms with E-state index in [1.807, 2.05) is 64.1 Å². The normalized spacial score (nSPS) is 11.3. The first-order valence-electron chi connectivity index (χ1n) is 8.38. The highest BCUT2D eigenvalue weighted by Gasteiger charge is 2.16. The van der Waals surface area contributed by atoms with Gasteiger partial charge in [0.05, 0.1) is 23.5 Å². The van der Waals surface area contributed by atoms with Crippen LogP contribution in [-0.2, 0) is 0 Å². The van der Waals surface area contributed by atoms with Crippen LogP contribution in [0.5, 0.6) is 5.88 Å². The molecule has 0 spiro atoms. The number of ether oxygens (including phenoxy) is 1. The Labute approximate surface area is 146 Å². The van der Waals surface area contributed by atoms with Crippen LogP contribution in [0.4, 0.5) is 0 Å². The molecule has 2 heterocycles. The average Bonchev–Trinajstić information content (AvgIpc) is 2.99. The zero-order chi connectivity index (χ0) is 18.0. The summed E-state index contributed by atoms with van der Waals surface area (Å²) in [5.74, 6) is 0.526. The minimum atomic E-state index is -0.122. The van der Waals surface area contributed by atoms with Crippen molar-refractivity contribution in [3.05, 3.63) is 58.9 Å². The number of benzene rings is 1. The van der Waals surface area contributed by atoms with Gasteiger partial charge in [0, 0.05) is 12.1 Å². The van der Waals surface area contributed by atoms with E-state index in [4.69, 9.17) is 4.74 Å². The summed E-state index contributed by atoms with van der Waals surface area (Å²) in [4.78, 5) is 12.0. The van der Waals surface area contributed by atoms with Crippen molar-refractivity contribution in [3.8, 4) is 23.0 Å². The summed E-state index contributed by atoms with van der Waals surface area (Å²) in [5.41, 5.74) is 2.22. The first kappa shape index (κ1) is 17.0. The van der Waals surface area contributed by atoms with Gasteiger partial charge in [-0.05, 0) is 45.9 Å². The quantitative estimate of drug-likeness (QED) is 0.715. The molecule has 0 fully saturated rings. The zero-order valence-corrected chi connectivity index (χ0v) is 14.9. The summed E-state index contributed by atoms with van der Waals surface area (Å²) < 4.78 is 9.01. The summed E-state index contributed by atoms with van der Waals surface area (Å²) >= 11 is 0. The van der Waals surface area contributed by atoms with E-state index >= 15 is 0 Å². The highest BCUT2D eigenvalue weighted by Crippen LogP contribution is 2.26. The van der Waals surface area contributed by atoms with Gasteiger partial charge in [-0.1, -0.05) is 18.2 Å². The van der Waals surface area contributed by atoms with Crippen LogP contribution in [-0.4, -0.2) is 25.7 Å². The molecule has 0 aliphatic carbocycles. The fraction of sp³-hybridized carbons (Fsp3) is 0.316. The number of nitrogens with zero attached hydrogens (tertiary/aromatic N) is 4. The Bertz CT molecular complexity index is 911. The van der Waals surface area contributed by atoms with Crippen LogP contribution >= 0.6 is 0 Å². The van der Waals surface area contributed by atoms with E-state index in [-0.39, 0.29) is 17.7 Å². The molecule has 0 unspecified atom stereocenters. The third-order valence-electron chi connectivity index (χ3n) is 3.62. The predicted octanol–water partition coefficient (Wildman–Crippen LogP) is 3.46. The van der Waals surface area contributed by atoms with Crippen LogP contribution < -0.4 is 10.3 Å². The molecule has 0 amide bonds. The fourth-order valence-corrected chi connectivity index (χ4v) is 2.54. The molecule has 3 aromatic rings. The van der Waals surface area contributed by atoms with E-state index < -0.39 is 0 Å². The van der Waals surface area contributed by atoms with Gasteiger partial charge in [-0.15, -0.1) is 5.10 Å². The maximum Gasteiger partial charge on any atom is 0.267 e. The summed E-state index contributed by atoms with van der Waals surface area (Å²) in [7, 11) is 0. The van der Waals surface area contributed by atoms with E-state index in [0.29, 0.717) is 11.6 Å². The largest absolute Gasteiger partial charge is 0.474 e. The van der Waals surface area contributed by atoms with Crippen LogP contribution in [0.15, 0.2) is 53.3 Å². The first-order chi connectivity index (χ1) is 12.0. The molecule has 25 heavy (non-hydrogen) atoms. The van der Waals surface area contributed by atoms with Gasteiger partial charge in [0.25, 0.3) is 5.56 Å². The molecule has 2 aromatic heterocycles. The van der Waals surface area contributed by atoms with Crippen molar-refractivity contribution in [2.45, 2.75) is 39.8 Å². The molecule has 130 valence electrons. The third-order valence-corrected chi connectivity index (χ3v) is 3.62. The number of hydrogen-bond acceptors (Lipinski definition) is 4. The molecule has 0 aliphatic heterocycles. The Hall–Kier alpha value is -2.89. The molecule has 0 atom stereocenters. The maximum absolute atomic E-state index is 12.0. The van der Waals surface area contributed by atoms with Crippen LogP contribution in [0.2, 0.25) is 0 Å². The van der Waals surface area contributed by atoms with Crippen LogP contribution in [0.25, 0.3) is 17.1 Å². The molecular weight excluding hydrogens is 316 g/mol. The fourth-order valence-electron chi connectivity index (χ4n) is 2.54. The van der Waals surface area contributed by atoms with E-state index in [1.54, 1.807) is 10.7 Å². The zero-order valence-electron chi connectivity index (χ0n) is 14.9. The lowest BCUT2D eigenvalue weighted by atomic mass is 10.2. The topological polar surface area (TPSA) is 61.9 Å². The number of aromatic nitrogens is 4. The summed E-state index contributed by atoms with van der Waals surface area (Å²) in [6, 6.07) is 14.9. The highest BCUT2D eigenvalue weighted by atomic mass is 16.5. The third kappa shape index (κ3) is 3.63. The van der Waals surface area contributed by atoms with Crippen molar-refractivity contribution in [2.75, 3.05) is 0 Å². The Balaban J connectivity index is 2.16. The van der Waals surface area contributed by atoms with Crippen LogP contribution in [0.3, 0.4) is 0 Å². The molecule has 0 saturated carbocycles. The Kier molecular flexibility index (Phi) is 4.70. The van der Waals surface area contributed by atoms with Gasteiger partial charge < -0.3 is 4.74 Å². The molecule has 0 saturated heterocycles. The highest BCUT2D eigenvalue weighted by molar-refractivity contribution is 5.59. The molecule has 3 rings (SSSR count). The molecule has 6 nitrogen and oxygen atoms in total. The van der Waals surface area contributed by atoms with Gasteiger partial charge in [-0.3, -0.25) is 4.79 Å². The van der Waals surface area contributed by atoms with E-state index in [2.05, 4.69) is 10.2 Å². The second-order valence-corrected chi connectivity index (χ2v) is 6.38. The van der Waals surface area contributed by atoms with Crippen molar-refractivity contribution in [2.24, 2.45) is 0 Å². The minimum Gasteiger partial charge on any atom is -0.474 e. The second kappa shape index (κ2) is 6.93. The van der Waals surface area contributed by atoms with Crippen LogP contribution in [0.1, 0.15) is 33.7 Å². The molecule has 1 aromatic carbocycles. The second-order valence-electron chi connectivity index (χ2n) is 6.38. The molecule has 0 radical (unpaired) electrons. The maximum atomic E-state index is 12.0. The average molecular weight is 338 g/mol. The molecule has 0 bridgehead atoms. The molecule has 6 heteroatoms. The van der Waals surface area contributed by atoms with E-state index in [9.17, 15) is 4.79 Å². The molecule has 0 N–H and O–H groups in total. The monoisotopic (exact) mass is 338 g/mol. The summed E-state index contributed by atoms with van der Waals surface area (Å²) in [6.07, 6.45) is 0.0181. The van der Waals surface area contributed by atoms with Crippen molar-refractivity contribution in [1.82, 2.24) is 19.6 Å².